The third-order valence-electron chi connectivity index (χ3n) is 13.6. The topological polar surface area (TPSA) is 61.8 Å². The van der Waals surface area contributed by atoms with E-state index in [1.807, 2.05) is 121 Å². The van der Waals surface area contributed by atoms with E-state index in [-0.39, 0.29) is 10.8 Å². The van der Waals surface area contributed by atoms with Crippen LogP contribution in [-0.2, 0) is 21.7 Å². The van der Waals surface area contributed by atoms with Gasteiger partial charge < -0.3 is 14.2 Å². The molecule has 0 unspecified atom stereocenters. The summed E-state index contributed by atoms with van der Waals surface area (Å²) in [5.41, 5.74) is 8.62. The maximum atomic E-state index is 13.4. The smallest absolute Gasteiger partial charge is 0.343 e. The van der Waals surface area contributed by atoms with Crippen LogP contribution in [0.15, 0.2) is 206 Å². The van der Waals surface area contributed by atoms with Crippen LogP contribution in [-0.4, -0.2) is 11.9 Å². The zero-order valence-corrected chi connectivity index (χ0v) is 39.7. The highest BCUT2D eigenvalue weighted by Crippen LogP contribution is 2.38. The largest absolute Gasteiger partial charge is 0.457 e. The molecule has 8 rings (SSSR count). The molecular weight excluding hydrogens is 825 g/mol. The van der Waals surface area contributed by atoms with Crippen LogP contribution in [0.4, 0.5) is 0 Å². The molecule has 0 bridgehead atoms. The van der Waals surface area contributed by atoms with Gasteiger partial charge in [0.05, 0.1) is 11.1 Å². The maximum Gasteiger partial charge on any atom is 0.343 e. The predicted octanol–water partition coefficient (Wildman–Crippen LogP) is 15.2. The fourth-order valence-electron chi connectivity index (χ4n) is 8.67. The van der Waals surface area contributed by atoms with Crippen molar-refractivity contribution in [1.82, 2.24) is 0 Å². The summed E-state index contributed by atoms with van der Waals surface area (Å²) < 4.78 is 18.0. The molecule has 0 aliphatic rings. The van der Waals surface area contributed by atoms with Gasteiger partial charge >= 0.3 is 11.9 Å². The maximum absolute atomic E-state index is 13.4. The summed E-state index contributed by atoms with van der Waals surface area (Å²) in [4.78, 5) is 26.8. The van der Waals surface area contributed by atoms with E-state index in [1.54, 1.807) is 12.1 Å². The normalized spacial score (nSPS) is 12.0. The van der Waals surface area contributed by atoms with Gasteiger partial charge in [0.25, 0.3) is 0 Å². The van der Waals surface area contributed by atoms with E-state index < -0.39 is 22.8 Å². The Hall–Kier alpha value is -7.50. The minimum atomic E-state index is -0.410. The highest BCUT2D eigenvalue weighted by Gasteiger charge is 2.28. The standard InChI is InChI=1S/C62H58O5/c1-59(2,45-19-11-9-12-20-45)47-29-37-55(38-30-47)66-57(63)43-17-15-23-51(41-43)61(5,6)49-25-33-53(34-26-49)65-54-35-27-50(28-36-54)62(7,8)52-24-16-18-44(42-52)58(64)67-56-39-31-48(32-40-56)60(3,4)46-21-13-10-14-22-46/h9-42H,1-8H3. The van der Waals surface area contributed by atoms with Gasteiger partial charge in [-0.15, -0.1) is 0 Å². The number of carbonyl (C=O) groups is 2. The predicted molar refractivity (Wildman–Crippen MR) is 270 cm³/mol. The monoisotopic (exact) mass is 882 g/mol. The molecule has 0 aliphatic heterocycles. The zero-order chi connectivity index (χ0) is 47.4. The molecule has 8 aromatic carbocycles. The molecule has 8 aromatic rings. The van der Waals surface area contributed by atoms with Crippen LogP contribution in [0.5, 0.6) is 23.0 Å². The minimum absolute atomic E-state index is 0.189. The van der Waals surface area contributed by atoms with E-state index in [0.717, 1.165) is 33.4 Å². The Morgan fingerprint density at radius 3 is 0.851 bits per heavy atom. The van der Waals surface area contributed by atoms with E-state index in [2.05, 4.69) is 128 Å². The summed E-state index contributed by atoms with van der Waals surface area (Å²) in [6, 6.07) is 67.8. The van der Waals surface area contributed by atoms with Crippen molar-refractivity contribution in [3.05, 3.63) is 262 Å². The second-order valence-electron chi connectivity index (χ2n) is 19.4. The Morgan fingerprint density at radius 2 is 0.537 bits per heavy atom. The average molecular weight is 883 g/mol. The Labute approximate surface area is 396 Å². The first kappa shape index (κ1) is 46.0. The van der Waals surface area contributed by atoms with Gasteiger partial charge in [0.1, 0.15) is 23.0 Å². The molecular formula is C62H58O5. The molecule has 0 heterocycles. The Morgan fingerprint density at radius 1 is 0.284 bits per heavy atom. The fraction of sp³-hybridized carbons (Fsp3) is 0.194. The molecule has 0 atom stereocenters. The SMILES string of the molecule is CC(C)(c1ccccc1)c1ccc(OC(=O)c2cccc(C(C)(C)c3ccc(Oc4ccc(C(C)(C)c5cccc(C(=O)Oc6ccc(C(C)(C)c7ccccc7)cc6)c5)cc4)cc3)c2)cc1. The number of benzene rings is 8. The summed E-state index contributed by atoms with van der Waals surface area (Å²) in [7, 11) is 0. The molecule has 0 fully saturated rings. The van der Waals surface area contributed by atoms with Crippen LogP contribution in [0, 0.1) is 0 Å². The average Bonchev–Trinajstić information content (AvgIpc) is 3.35. The first-order chi connectivity index (χ1) is 32.0. The summed E-state index contributed by atoms with van der Waals surface area (Å²) in [6.45, 7) is 17.3. The molecule has 0 amide bonds. The summed E-state index contributed by atoms with van der Waals surface area (Å²) in [5.74, 6) is 1.62. The second kappa shape index (κ2) is 18.8. The first-order valence-corrected chi connectivity index (χ1v) is 22.9. The quantitative estimate of drug-likeness (QED) is 0.0804. The van der Waals surface area contributed by atoms with Gasteiger partial charge in [0, 0.05) is 21.7 Å². The van der Waals surface area contributed by atoms with Gasteiger partial charge in [0.15, 0.2) is 0 Å². The van der Waals surface area contributed by atoms with Crippen molar-refractivity contribution in [2.75, 3.05) is 0 Å². The van der Waals surface area contributed by atoms with E-state index in [4.69, 9.17) is 14.2 Å². The van der Waals surface area contributed by atoms with Crippen LogP contribution >= 0.6 is 0 Å². The summed E-state index contributed by atoms with van der Waals surface area (Å²) in [6.07, 6.45) is 0. The molecule has 0 radical (unpaired) electrons. The third kappa shape index (κ3) is 10.0. The lowest BCUT2D eigenvalue weighted by atomic mass is 9.77. The lowest BCUT2D eigenvalue weighted by Gasteiger charge is -2.27. The molecule has 67 heavy (non-hydrogen) atoms. The van der Waals surface area contributed by atoms with Crippen molar-refractivity contribution >= 4 is 11.9 Å². The summed E-state index contributed by atoms with van der Waals surface area (Å²) >= 11 is 0. The van der Waals surface area contributed by atoms with Gasteiger partial charge in [-0.25, -0.2) is 9.59 Å². The highest BCUT2D eigenvalue weighted by atomic mass is 16.5. The lowest BCUT2D eigenvalue weighted by molar-refractivity contribution is 0.0725. The van der Waals surface area contributed by atoms with Crippen LogP contribution < -0.4 is 14.2 Å². The number of carbonyl (C=O) groups excluding carboxylic acids is 2. The van der Waals surface area contributed by atoms with Gasteiger partial charge in [-0.1, -0.05) is 189 Å². The fourth-order valence-corrected chi connectivity index (χ4v) is 8.67. The van der Waals surface area contributed by atoms with E-state index >= 15 is 0 Å². The molecule has 0 aromatic heterocycles. The molecule has 0 aliphatic carbocycles. The number of hydrogen-bond donors (Lipinski definition) is 0. The highest BCUT2D eigenvalue weighted by molar-refractivity contribution is 5.92. The van der Waals surface area contributed by atoms with E-state index in [1.165, 1.54) is 11.1 Å². The van der Waals surface area contributed by atoms with Crippen molar-refractivity contribution in [1.29, 1.82) is 0 Å². The van der Waals surface area contributed by atoms with Gasteiger partial charge in [0.2, 0.25) is 0 Å². The molecule has 0 spiro atoms. The van der Waals surface area contributed by atoms with Gasteiger partial charge in [-0.3, -0.25) is 0 Å². The van der Waals surface area contributed by atoms with E-state index in [0.29, 0.717) is 34.1 Å². The van der Waals surface area contributed by atoms with Crippen LogP contribution in [0.1, 0.15) is 121 Å². The molecule has 0 saturated heterocycles. The minimum Gasteiger partial charge on any atom is -0.457 e. The molecule has 5 nitrogen and oxygen atoms in total. The van der Waals surface area contributed by atoms with Crippen LogP contribution in [0.2, 0.25) is 0 Å². The Bertz CT molecular complexity index is 2760. The number of hydrogen-bond acceptors (Lipinski definition) is 5. The number of ether oxygens (including phenoxy) is 3. The van der Waals surface area contributed by atoms with Crippen molar-refractivity contribution < 1.29 is 23.8 Å². The molecule has 0 saturated carbocycles. The molecule has 5 heteroatoms. The van der Waals surface area contributed by atoms with Crippen molar-refractivity contribution in [3.8, 4) is 23.0 Å². The van der Waals surface area contributed by atoms with Gasteiger partial charge in [-0.2, -0.15) is 0 Å². The number of rotatable bonds is 14. The number of esters is 2. The third-order valence-corrected chi connectivity index (χ3v) is 13.6. The Kier molecular flexibility index (Phi) is 12.9. The van der Waals surface area contributed by atoms with Gasteiger partial charge in [-0.05, 0) is 117 Å². The Balaban J connectivity index is 0.879. The summed E-state index contributed by atoms with van der Waals surface area (Å²) in [5, 5.41) is 0. The lowest BCUT2D eigenvalue weighted by Crippen LogP contribution is -2.20. The van der Waals surface area contributed by atoms with Crippen LogP contribution in [0.25, 0.3) is 0 Å². The van der Waals surface area contributed by atoms with Crippen molar-refractivity contribution in [2.45, 2.75) is 77.0 Å². The van der Waals surface area contributed by atoms with Crippen molar-refractivity contribution in [2.24, 2.45) is 0 Å². The van der Waals surface area contributed by atoms with Crippen LogP contribution in [0.3, 0.4) is 0 Å². The molecule has 336 valence electrons. The van der Waals surface area contributed by atoms with E-state index in [9.17, 15) is 9.59 Å². The van der Waals surface area contributed by atoms with Crippen molar-refractivity contribution in [3.63, 3.8) is 0 Å². The molecule has 0 N–H and O–H groups in total. The second-order valence-corrected chi connectivity index (χ2v) is 19.4. The first-order valence-electron chi connectivity index (χ1n) is 22.9. The zero-order valence-electron chi connectivity index (χ0n) is 39.7.